The number of rotatable bonds is 4. The molecule has 0 spiro atoms. The zero-order chi connectivity index (χ0) is 20.7. The van der Waals surface area contributed by atoms with Crippen molar-refractivity contribution in [3.8, 4) is 5.82 Å². The fourth-order valence-electron chi connectivity index (χ4n) is 4.31. The Morgan fingerprint density at radius 3 is 2.39 bits per heavy atom. The van der Waals surface area contributed by atoms with Crippen LogP contribution >= 0.6 is 0 Å². The number of aromatic nitrogens is 3. The van der Waals surface area contributed by atoms with Gasteiger partial charge in [0.05, 0.1) is 0 Å². The Balaban J connectivity index is 0.00000231. The van der Waals surface area contributed by atoms with Crippen LogP contribution in [-0.4, -0.2) is 29.2 Å². The molecule has 0 unspecified atom stereocenters. The van der Waals surface area contributed by atoms with Gasteiger partial charge in [-0.1, -0.05) is 12.1 Å². The van der Waals surface area contributed by atoms with E-state index < -0.39 is 16.1 Å². The summed E-state index contributed by atoms with van der Waals surface area (Å²) in [7, 11) is -4.24. The van der Waals surface area contributed by atoms with Crippen molar-refractivity contribution in [3.05, 3.63) is 69.7 Å². The smallest absolute Gasteiger partial charge is 0.423 e. The number of pyridine rings is 1. The Kier molecular flexibility index (Phi) is 6.20. The summed E-state index contributed by atoms with van der Waals surface area (Å²) in [5, 5.41) is 6.50. The molecule has 5 rings (SSSR count). The first-order valence-corrected chi connectivity index (χ1v) is 11.4. The second kappa shape index (κ2) is 8.74. The number of sulfonamides is 1. The van der Waals surface area contributed by atoms with E-state index in [0.717, 1.165) is 55.3 Å². The summed E-state index contributed by atoms with van der Waals surface area (Å²) >= 11 is 0. The molecule has 3 aromatic rings. The van der Waals surface area contributed by atoms with E-state index in [0.29, 0.717) is 5.82 Å². The Hall–Kier alpha value is -2.20. The molecule has 1 N–H and O–H groups in total. The first kappa shape index (κ1) is 22.0. The molecule has 2 amide bonds. The maximum atomic E-state index is 12.6. The summed E-state index contributed by atoms with van der Waals surface area (Å²) in [6.45, 7) is 0. The second-order valence-corrected chi connectivity index (χ2v) is 9.07. The van der Waals surface area contributed by atoms with Crippen molar-refractivity contribution in [2.45, 2.75) is 43.6 Å². The predicted octanol–water partition coefficient (Wildman–Crippen LogP) is 0.543. The number of benzene rings is 1. The number of nitrogens with one attached hydrogen (secondary N) is 1. The number of anilines is 1. The number of fused-ring (bicyclic) bond motifs is 2. The normalized spacial score (nSPS) is 14.5. The number of carbonyl (C=O) groups excluding carboxylic acids is 1. The average Bonchev–Trinajstić information content (AvgIpc) is 3.48. The zero-order valence-electron chi connectivity index (χ0n) is 17.2. The number of aryl methyl sites for hydroxylation is 2. The van der Waals surface area contributed by atoms with Crippen LogP contribution in [0.5, 0.6) is 0 Å². The van der Waals surface area contributed by atoms with Gasteiger partial charge in [-0.15, -0.1) is 0 Å². The van der Waals surface area contributed by atoms with Gasteiger partial charge in [-0.3, -0.25) is 4.79 Å². The van der Waals surface area contributed by atoms with Crippen LogP contribution in [0.1, 0.15) is 35.1 Å². The zero-order valence-corrected chi connectivity index (χ0v) is 20.0. The van der Waals surface area contributed by atoms with Crippen LogP contribution in [0.25, 0.3) is 10.5 Å². The maximum Gasteiger partial charge on any atom is 1.00 e. The van der Waals surface area contributed by atoms with Crippen molar-refractivity contribution in [1.82, 2.24) is 14.8 Å². The monoisotopic (exact) mass is 445 g/mol. The minimum Gasteiger partial charge on any atom is -0.423 e. The number of hydrogen-bond donors (Lipinski definition) is 1. The van der Waals surface area contributed by atoms with Gasteiger partial charge >= 0.3 is 29.6 Å². The van der Waals surface area contributed by atoms with E-state index in [2.05, 4.69) is 26.2 Å². The number of hydrogen-bond acceptors (Lipinski definition) is 5. The topological polar surface area (TPSA) is 108 Å². The van der Waals surface area contributed by atoms with Crippen molar-refractivity contribution >= 4 is 21.7 Å². The molecule has 154 valence electrons. The molecule has 0 radical (unpaired) electrons. The van der Waals surface area contributed by atoms with Gasteiger partial charge in [0.25, 0.3) is 0 Å². The molecule has 0 aliphatic heterocycles. The van der Waals surface area contributed by atoms with Crippen LogP contribution < -0.4 is 34.9 Å². The molecular weight excluding hydrogens is 425 g/mol. The van der Waals surface area contributed by atoms with E-state index in [1.54, 1.807) is 24.4 Å². The Morgan fingerprint density at radius 2 is 1.74 bits per heavy atom. The van der Waals surface area contributed by atoms with E-state index in [9.17, 15) is 13.2 Å². The van der Waals surface area contributed by atoms with Crippen molar-refractivity contribution in [1.29, 1.82) is 0 Å². The largest absolute Gasteiger partial charge is 1.00 e. The second-order valence-electron chi connectivity index (χ2n) is 7.52. The first-order chi connectivity index (χ1) is 14.5. The molecule has 10 heteroatoms. The van der Waals surface area contributed by atoms with Gasteiger partial charge in [-0.2, -0.15) is 5.10 Å². The summed E-state index contributed by atoms with van der Waals surface area (Å²) in [6, 6.07) is 7.88. The average molecular weight is 445 g/mol. The van der Waals surface area contributed by atoms with Crippen LogP contribution in [-0.2, 0) is 35.7 Å². The van der Waals surface area contributed by atoms with Gasteiger partial charge in [0.15, 0.2) is 16.9 Å². The third-order valence-corrected chi connectivity index (χ3v) is 6.77. The molecule has 2 aromatic heterocycles. The molecule has 0 fully saturated rings. The van der Waals surface area contributed by atoms with Crippen LogP contribution in [0, 0.1) is 0 Å². The third-order valence-electron chi connectivity index (χ3n) is 5.62. The SMILES string of the molecule is O=C([N-]S(=O)(=O)c1ccn(-c2ccccn2)n1)Nc1c2c(cc3c1CCC3)CCC2.[Na+]. The Labute approximate surface area is 202 Å². The molecule has 0 saturated carbocycles. The molecule has 2 aliphatic carbocycles. The molecular formula is C21H20N5NaO3S. The van der Waals surface area contributed by atoms with Gasteiger partial charge in [-0.05, 0) is 84.7 Å². The quantitative estimate of drug-likeness (QED) is 0.590. The van der Waals surface area contributed by atoms with Gasteiger partial charge in [0, 0.05) is 12.4 Å². The van der Waals surface area contributed by atoms with E-state index >= 15 is 0 Å². The number of carbonyl (C=O) groups is 1. The Morgan fingerprint density at radius 1 is 1.03 bits per heavy atom. The van der Waals surface area contributed by atoms with E-state index in [-0.39, 0.29) is 34.6 Å². The van der Waals surface area contributed by atoms with Crippen molar-refractivity contribution in [2.24, 2.45) is 0 Å². The van der Waals surface area contributed by atoms with Crippen molar-refractivity contribution in [3.63, 3.8) is 0 Å². The van der Waals surface area contributed by atoms with Crippen LogP contribution in [0.2, 0.25) is 0 Å². The van der Waals surface area contributed by atoms with Gasteiger partial charge in [-0.25, -0.2) is 18.1 Å². The van der Waals surface area contributed by atoms with E-state index in [1.165, 1.54) is 28.1 Å². The number of amides is 2. The fourth-order valence-corrected chi connectivity index (χ4v) is 5.10. The molecule has 0 atom stereocenters. The fraction of sp³-hybridized carbons (Fsp3) is 0.286. The molecule has 2 aliphatic rings. The summed E-state index contributed by atoms with van der Waals surface area (Å²) in [6.07, 6.45) is 8.90. The van der Waals surface area contributed by atoms with E-state index in [1.807, 2.05) is 0 Å². The summed E-state index contributed by atoms with van der Waals surface area (Å²) in [4.78, 5) is 16.7. The van der Waals surface area contributed by atoms with Gasteiger partial charge in [0.2, 0.25) is 10.0 Å². The van der Waals surface area contributed by atoms with Gasteiger partial charge in [0.1, 0.15) is 0 Å². The first-order valence-electron chi connectivity index (χ1n) is 9.94. The number of nitrogens with zero attached hydrogens (tertiary/aromatic N) is 4. The minimum absolute atomic E-state index is 0. The van der Waals surface area contributed by atoms with Crippen LogP contribution in [0.3, 0.4) is 0 Å². The molecule has 2 heterocycles. The molecule has 1 aromatic carbocycles. The third kappa shape index (κ3) is 4.27. The minimum atomic E-state index is -4.24. The van der Waals surface area contributed by atoms with Crippen LogP contribution in [0.4, 0.5) is 10.5 Å². The Bertz CT molecular complexity index is 1210. The molecule has 8 nitrogen and oxygen atoms in total. The maximum absolute atomic E-state index is 12.6. The number of urea groups is 1. The summed E-state index contributed by atoms with van der Waals surface area (Å²) < 4.78 is 30.0. The standard InChI is InChI=1S/C21H21N5O3S.Na/c27-21(23-20-16-7-3-5-14(16)13-15-6-4-8-17(15)20)25-30(28,29)19-10-12-26(24-19)18-9-1-2-11-22-18;/h1-2,9-13H,3-8H2,(H2,23,25,27);/q;+1/p-1. The summed E-state index contributed by atoms with van der Waals surface area (Å²) in [5.74, 6) is 0.471. The van der Waals surface area contributed by atoms with Crippen molar-refractivity contribution < 1.29 is 42.8 Å². The predicted molar refractivity (Wildman–Crippen MR) is 111 cm³/mol. The molecule has 0 saturated heterocycles. The van der Waals surface area contributed by atoms with Gasteiger partial charge < -0.3 is 10.0 Å². The molecule has 0 bridgehead atoms. The van der Waals surface area contributed by atoms with Crippen LogP contribution in [0.15, 0.2) is 47.8 Å². The van der Waals surface area contributed by atoms with Crippen molar-refractivity contribution in [2.75, 3.05) is 5.32 Å². The summed E-state index contributed by atoms with van der Waals surface area (Å²) in [5.41, 5.74) is 5.51. The van der Waals surface area contributed by atoms with E-state index in [4.69, 9.17) is 0 Å². The molecule has 31 heavy (non-hydrogen) atoms.